The number of aromatic nitrogens is 1. The standard InChI is InChI=1S/C14H17N3/c15-13-5-7-17(10-13)9-11-3-4-14-12(8-11)2-1-6-16-14/h1-4,6,8,13H,5,7,9-10,15H2/t13-/m0/s1. The van der Waals surface area contributed by atoms with Crippen LogP contribution in [-0.4, -0.2) is 29.0 Å². The highest BCUT2D eigenvalue weighted by Crippen LogP contribution is 2.17. The normalized spacial score (nSPS) is 21.1. The van der Waals surface area contributed by atoms with Gasteiger partial charge in [0.2, 0.25) is 0 Å². The number of hydrogen-bond acceptors (Lipinski definition) is 3. The molecular formula is C14H17N3. The van der Waals surface area contributed by atoms with Crippen LogP contribution in [0.4, 0.5) is 0 Å². The fourth-order valence-electron chi connectivity index (χ4n) is 2.49. The monoisotopic (exact) mass is 227 g/mol. The van der Waals surface area contributed by atoms with E-state index in [1.165, 1.54) is 10.9 Å². The zero-order valence-electron chi connectivity index (χ0n) is 9.84. The maximum absolute atomic E-state index is 5.92. The lowest BCUT2D eigenvalue weighted by Gasteiger charge is -2.15. The van der Waals surface area contributed by atoms with Crippen molar-refractivity contribution >= 4 is 10.9 Å². The van der Waals surface area contributed by atoms with Gasteiger partial charge >= 0.3 is 0 Å². The molecule has 17 heavy (non-hydrogen) atoms. The predicted octanol–water partition coefficient (Wildman–Crippen LogP) is 1.77. The Morgan fingerprint density at radius 2 is 2.29 bits per heavy atom. The Bertz CT molecular complexity index is 524. The highest BCUT2D eigenvalue weighted by Gasteiger charge is 2.18. The number of fused-ring (bicyclic) bond motifs is 1. The van der Waals surface area contributed by atoms with E-state index < -0.39 is 0 Å². The molecule has 2 aromatic rings. The molecule has 1 fully saturated rings. The summed E-state index contributed by atoms with van der Waals surface area (Å²) in [7, 11) is 0. The van der Waals surface area contributed by atoms with Gasteiger partial charge in [-0.25, -0.2) is 0 Å². The molecule has 1 aromatic carbocycles. The van der Waals surface area contributed by atoms with Crippen LogP contribution in [0.2, 0.25) is 0 Å². The van der Waals surface area contributed by atoms with Gasteiger partial charge in [-0.05, 0) is 30.2 Å². The smallest absolute Gasteiger partial charge is 0.0702 e. The number of likely N-dealkylation sites (tertiary alicyclic amines) is 1. The number of rotatable bonds is 2. The van der Waals surface area contributed by atoms with Gasteiger partial charge in [0.1, 0.15) is 0 Å². The van der Waals surface area contributed by atoms with Crippen molar-refractivity contribution in [1.82, 2.24) is 9.88 Å². The molecule has 3 rings (SSSR count). The molecular weight excluding hydrogens is 210 g/mol. The second-order valence-electron chi connectivity index (χ2n) is 4.81. The van der Waals surface area contributed by atoms with E-state index in [1.807, 2.05) is 12.3 Å². The van der Waals surface area contributed by atoms with Gasteiger partial charge in [0.15, 0.2) is 0 Å². The van der Waals surface area contributed by atoms with Crippen LogP contribution in [0.3, 0.4) is 0 Å². The maximum atomic E-state index is 5.92. The van der Waals surface area contributed by atoms with E-state index in [0.29, 0.717) is 6.04 Å². The van der Waals surface area contributed by atoms with E-state index in [-0.39, 0.29) is 0 Å². The summed E-state index contributed by atoms with van der Waals surface area (Å²) in [5.41, 5.74) is 8.33. The van der Waals surface area contributed by atoms with Crippen LogP contribution < -0.4 is 5.73 Å². The molecule has 1 aromatic heterocycles. The summed E-state index contributed by atoms with van der Waals surface area (Å²) in [4.78, 5) is 6.75. The largest absolute Gasteiger partial charge is 0.326 e. The fraction of sp³-hybridized carbons (Fsp3) is 0.357. The molecule has 1 aliphatic heterocycles. The summed E-state index contributed by atoms with van der Waals surface area (Å²) < 4.78 is 0. The van der Waals surface area contributed by atoms with E-state index in [4.69, 9.17) is 5.73 Å². The molecule has 3 heteroatoms. The van der Waals surface area contributed by atoms with Crippen molar-refractivity contribution < 1.29 is 0 Å². The lowest BCUT2D eigenvalue weighted by molar-refractivity contribution is 0.327. The van der Waals surface area contributed by atoms with Crippen molar-refractivity contribution in [3.63, 3.8) is 0 Å². The Balaban J connectivity index is 1.81. The molecule has 3 nitrogen and oxygen atoms in total. The number of nitrogens with two attached hydrogens (primary N) is 1. The molecule has 1 aliphatic rings. The molecule has 0 saturated carbocycles. The molecule has 2 N–H and O–H groups in total. The molecule has 0 amide bonds. The summed E-state index contributed by atoms with van der Waals surface area (Å²) in [5, 5.41) is 1.22. The van der Waals surface area contributed by atoms with E-state index in [9.17, 15) is 0 Å². The summed E-state index contributed by atoms with van der Waals surface area (Å²) in [6.07, 6.45) is 2.95. The van der Waals surface area contributed by atoms with Crippen molar-refractivity contribution in [2.24, 2.45) is 5.73 Å². The Labute approximate surface area is 101 Å². The van der Waals surface area contributed by atoms with Gasteiger partial charge in [-0.2, -0.15) is 0 Å². The highest BCUT2D eigenvalue weighted by molar-refractivity contribution is 5.78. The third-order valence-electron chi connectivity index (χ3n) is 3.38. The van der Waals surface area contributed by atoms with E-state index in [1.54, 1.807) is 0 Å². The van der Waals surface area contributed by atoms with Gasteiger partial charge in [-0.1, -0.05) is 12.1 Å². The van der Waals surface area contributed by atoms with Crippen LogP contribution >= 0.6 is 0 Å². The average molecular weight is 227 g/mol. The quantitative estimate of drug-likeness (QED) is 0.850. The van der Waals surface area contributed by atoms with Gasteiger partial charge in [0.05, 0.1) is 5.52 Å². The van der Waals surface area contributed by atoms with Crippen molar-refractivity contribution in [2.75, 3.05) is 13.1 Å². The average Bonchev–Trinajstić information content (AvgIpc) is 2.75. The van der Waals surface area contributed by atoms with Gasteiger partial charge in [0, 0.05) is 37.3 Å². The Morgan fingerprint density at radius 3 is 3.12 bits per heavy atom. The first-order valence-corrected chi connectivity index (χ1v) is 6.13. The summed E-state index contributed by atoms with van der Waals surface area (Å²) in [6.45, 7) is 3.13. The molecule has 1 saturated heterocycles. The molecule has 0 spiro atoms. The zero-order chi connectivity index (χ0) is 11.7. The number of pyridine rings is 1. The number of hydrogen-bond donors (Lipinski definition) is 1. The predicted molar refractivity (Wildman–Crippen MR) is 69.6 cm³/mol. The lowest BCUT2D eigenvalue weighted by Crippen LogP contribution is -2.26. The minimum absolute atomic E-state index is 0.358. The molecule has 0 aliphatic carbocycles. The van der Waals surface area contributed by atoms with Gasteiger partial charge in [0.25, 0.3) is 0 Å². The maximum Gasteiger partial charge on any atom is 0.0702 e. The van der Waals surface area contributed by atoms with Gasteiger partial charge in [-0.15, -0.1) is 0 Å². The third kappa shape index (κ3) is 2.30. The first-order chi connectivity index (χ1) is 8.31. The Kier molecular flexibility index (Phi) is 2.79. The van der Waals surface area contributed by atoms with Gasteiger partial charge < -0.3 is 5.73 Å². The van der Waals surface area contributed by atoms with Crippen LogP contribution in [0.5, 0.6) is 0 Å². The first-order valence-electron chi connectivity index (χ1n) is 6.13. The second-order valence-corrected chi connectivity index (χ2v) is 4.81. The number of nitrogens with zero attached hydrogens (tertiary/aromatic N) is 2. The molecule has 0 bridgehead atoms. The molecule has 0 unspecified atom stereocenters. The topological polar surface area (TPSA) is 42.1 Å². The minimum atomic E-state index is 0.358. The summed E-state index contributed by atoms with van der Waals surface area (Å²) in [6, 6.07) is 10.9. The molecule has 0 radical (unpaired) electrons. The SMILES string of the molecule is N[C@H]1CCN(Cc2ccc3ncccc3c2)C1. The fourth-order valence-corrected chi connectivity index (χ4v) is 2.49. The zero-order valence-corrected chi connectivity index (χ0v) is 9.84. The van der Waals surface area contributed by atoms with Crippen molar-refractivity contribution in [3.8, 4) is 0 Å². The van der Waals surface area contributed by atoms with Crippen LogP contribution in [0, 0.1) is 0 Å². The highest BCUT2D eigenvalue weighted by atomic mass is 15.2. The van der Waals surface area contributed by atoms with E-state index >= 15 is 0 Å². The van der Waals surface area contributed by atoms with Crippen LogP contribution in [0.15, 0.2) is 36.5 Å². The first kappa shape index (κ1) is 10.7. The van der Waals surface area contributed by atoms with Crippen molar-refractivity contribution in [1.29, 1.82) is 0 Å². The second kappa shape index (κ2) is 4.43. The molecule has 88 valence electrons. The molecule has 2 heterocycles. The van der Waals surface area contributed by atoms with E-state index in [2.05, 4.69) is 34.1 Å². The summed E-state index contributed by atoms with van der Waals surface area (Å²) >= 11 is 0. The van der Waals surface area contributed by atoms with Crippen molar-refractivity contribution in [3.05, 3.63) is 42.1 Å². The van der Waals surface area contributed by atoms with Crippen LogP contribution in [0.1, 0.15) is 12.0 Å². The van der Waals surface area contributed by atoms with Crippen molar-refractivity contribution in [2.45, 2.75) is 19.0 Å². The van der Waals surface area contributed by atoms with Gasteiger partial charge in [-0.3, -0.25) is 9.88 Å². The Morgan fingerprint density at radius 1 is 1.35 bits per heavy atom. The van der Waals surface area contributed by atoms with Crippen LogP contribution in [0.25, 0.3) is 10.9 Å². The summed E-state index contributed by atoms with van der Waals surface area (Å²) in [5.74, 6) is 0. The Hall–Kier alpha value is -1.45. The third-order valence-corrected chi connectivity index (χ3v) is 3.38. The lowest BCUT2D eigenvalue weighted by atomic mass is 10.1. The molecule has 1 atom stereocenters. The number of benzene rings is 1. The van der Waals surface area contributed by atoms with E-state index in [0.717, 1.165) is 31.6 Å². The van der Waals surface area contributed by atoms with Crippen LogP contribution in [-0.2, 0) is 6.54 Å². The minimum Gasteiger partial charge on any atom is -0.326 e.